The first kappa shape index (κ1) is 39.2. The van der Waals surface area contributed by atoms with E-state index in [0.29, 0.717) is 42.4 Å². The van der Waals surface area contributed by atoms with E-state index < -0.39 is 0 Å². The maximum Gasteiger partial charge on any atom is 0.256 e. The summed E-state index contributed by atoms with van der Waals surface area (Å²) in [5, 5.41) is 18.3. The van der Waals surface area contributed by atoms with Gasteiger partial charge in [0.25, 0.3) is 5.88 Å². The number of methoxy groups -OCH3 is 2. The van der Waals surface area contributed by atoms with Crippen molar-refractivity contribution in [2.75, 3.05) is 34.0 Å². The van der Waals surface area contributed by atoms with Crippen LogP contribution in [0.1, 0.15) is 48.4 Å². The minimum Gasteiger partial charge on any atom is -0.506 e. The third-order valence-corrected chi connectivity index (χ3v) is 5.99. The SMILES string of the molecule is CCCCOc1cc(C)cnc1Cl.COCCCOc1cc(C)cnc1OC.Cc1cnc(Cl)c(O)c1.Cc1cncc(O)c1. The van der Waals surface area contributed by atoms with Gasteiger partial charge in [0, 0.05) is 44.9 Å². The smallest absolute Gasteiger partial charge is 0.256 e. The summed E-state index contributed by atoms with van der Waals surface area (Å²) in [5.74, 6) is 2.17. The molecule has 0 aromatic carbocycles. The van der Waals surface area contributed by atoms with Crippen LogP contribution in [0.2, 0.25) is 10.3 Å². The van der Waals surface area contributed by atoms with Gasteiger partial charge < -0.3 is 29.2 Å². The normalized spacial score (nSPS) is 9.80. The number of aryl methyl sites for hydroxylation is 4. The van der Waals surface area contributed by atoms with Crippen LogP contribution in [0.25, 0.3) is 0 Å². The fraction of sp³-hybridized carbons (Fsp3) is 0.394. The Balaban J connectivity index is 0.000000309. The van der Waals surface area contributed by atoms with Gasteiger partial charge in [-0.3, -0.25) is 4.98 Å². The predicted molar refractivity (Wildman–Crippen MR) is 178 cm³/mol. The summed E-state index contributed by atoms with van der Waals surface area (Å²) in [4.78, 5) is 15.5. The van der Waals surface area contributed by atoms with Crippen molar-refractivity contribution in [3.63, 3.8) is 0 Å². The minimum absolute atomic E-state index is 0.0386. The fourth-order valence-corrected chi connectivity index (χ4v) is 3.46. The average molecular weight is 664 g/mol. The van der Waals surface area contributed by atoms with Crippen LogP contribution in [0.15, 0.2) is 55.2 Å². The van der Waals surface area contributed by atoms with Crippen molar-refractivity contribution in [3.05, 3.63) is 87.8 Å². The van der Waals surface area contributed by atoms with E-state index in [2.05, 4.69) is 26.9 Å². The maximum absolute atomic E-state index is 8.91. The number of aromatic nitrogens is 4. The van der Waals surface area contributed by atoms with Gasteiger partial charge >= 0.3 is 0 Å². The van der Waals surface area contributed by atoms with Crippen LogP contribution in [0.4, 0.5) is 0 Å². The van der Waals surface area contributed by atoms with E-state index in [9.17, 15) is 0 Å². The van der Waals surface area contributed by atoms with Crippen LogP contribution in [0.3, 0.4) is 0 Å². The molecule has 246 valence electrons. The van der Waals surface area contributed by atoms with Gasteiger partial charge in [-0.05, 0) is 80.6 Å². The number of unbranched alkanes of at least 4 members (excludes halogenated alkanes) is 1. The summed E-state index contributed by atoms with van der Waals surface area (Å²) >= 11 is 11.3. The zero-order valence-electron chi connectivity index (χ0n) is 27.0. The highest BCUT2D eigenvalue weighted by Crippen LogP contribution is 2.25. The molecule has 0 aliphatic heterocycles. The Labute approximate surface area is 276 Å². The van der Waals surface area contributed by atoms with Crippen LogP contribution in [-0.2, 0) is 4.74 Å². The number of nitrogens with zero attached hydrogens (tertiary/aromatic N) is 4. The van der Waals surface area contributed by atoms with Gasteiger partial charge in [-0.15, -0.1) is 0 Å². The second-order valence-electron chi connectivity index (χ2n) is 9.76. The van der Waals surface area contributed by atoms with Crippen molar-refractivity contribution in [1.82, 2.24) is 19.9 Å². The molecule has 45 heavy (non-hydrogen) atoms. The summed E-state index contributed by atoms with van der Waals surface area (Å²) in [6.45, 7) is 11.8. The maximum atomic E-state index is 8.91. The molecule has 0 radical (unpaired) electrons. The predicted octanol–water partition coefficient (Wildman–Crippen LogP) is 7.88. The Morgan fingerprint density at radius 2 is 1.20 bits per heavy atom. The zero-order chi connectivity index (χ0) is 33.6. The van der Waals surface area contributed by atoms with Crippen molar-refractivity contribution < 1.29 is 29.2 Å². The van der Waals surface area contributed by atoms with Crippen molar-refractivity contribution in [1.29, 1.82) is 0 Å². The second kappa shape index (κ2) is 22.6. The third kappa shape index (κ3) is 17.3. The molecule has 0 atom stereocenters. The molecule has 0 spiro atoms. The van der Waals surface area contributed by atoms with E-state index in [1.807, 2.05) is 39.8 Å². The summed E-state index contributed by atoms with van der Waals surface area (Å²) in [5.41, 5.74) is 4.00. The quantitative estimate of drug-likeness (QED) is 0.128. The zero-order valence-corrected chi connectivity index (χ0v) is 28.5. The molecule has 12 heteroatoms. The molecular weight excluding hydrogens is 619 g/mol. The van der Waals surface area contributed by atoms with Gasteiger partial charge in [0.2, 0.25) is 0 Å². The number of hydrogen-bond donors (Lipinski definition) is 2. The third-order valence-electron chi connectivity index (χ3n) is 5.42. The molecule has 0 saturated heterocycles. The minimum atomic E-state index is 0.0386. The Morgan fingerprint density at radius 1 is 0.644 bits per heavy atom. The Hall–Kier alpha value is -3.86. The Morgan fingerprint density at radius 3 is 1.73 bits per heavy atom. The molecule has 0 amide bonds. The summed E-state index contributed by atoms with van der Waals surface area (Å²) in [6, 6.07) is 7.05. The van der Waals surface area contributed by atoms with Crippen molar-refractivity contribution in [3.8, 4) is 28.9 Å². The van der Waals surface area contributed by atoms with E-state index in [-0.39, 0.29) is 16.7 Å². The molecule has 0 fully saturated rings. The first-order valence-corrected chi connectivity index (χ1v) is 15.0. The lowest BCUT2D eigenvalue weighted by Gasteiger charge is -2.09. The van der Waals surface area contributed by atoms with Crippen LogP contribution in [0, 0.1) is 27.7 Å². The summed E-state index contributed by atoms with van der Waals surface area (Å²) in [7, 11) is 3.26. The molecule has 4 rings (SSSR count). The molecule has 0 unspecified atom stereocenters. The van der Waals surface area contributed by atoms with Gasteiger partial charge in [0.1, 0.15) is 5.75 Å². The number of pyridine rings is 4. The lowest BCUT2D eigenvalue weighted by atomic mass is 10.3. The number of aromatic hydroxyl groups is 2. The van der Waals surface area contributed by atoms with Crippen LogP contribution in [-0.4, -0.2) is 64.2 Å². The average Bonchev–Trinajstić information content (AvgIpc) is 3.00. The topological polar surface area (TPSA) is 129 Å². The molecule has 4 aromatic rings. The lowest BCUT2D eigenvalue weighted by Crippen LogP contribution is -2.03. The Bertz CT molecular complexity index is 1390. The molecule has 4 aromatic heterocycles. The highest BCUT2D eigenvalue weighted by atomic mass is 35.5. The number of hydrogen-bond acceptors (Lipinski definition) is 10. The van der Waals surface area contributed by atoms with Gasteiger partial charge in [-0.1, -0.05) is 36.5 Å². The first-order chi connectivity index (χ1) is 21.5. The monoisotopic (exact) mass is 662 g/mol. The van der Waals surface area contributed by atoms with Crippen molar-refractivity contribution in [2.24, 2.45) is 0 Å². The largest absolute Gasteiger partial charge is 0.506 e. The van der Waals surface area contributed by atoms with Crippen molar-refractivity contribution in [2.45, 2.75) is 53.9 Å². The molecule has 2 N–H and O–H groups in total. The molecular formula is C33H44Cl2N4O6. The highest BCUT2D eigenvalue weighted by molar-refractivity contribution is 6.31. The van der Waals surface area contributed by atoms with E-state index in [1.54, 1.807) is 51.1 Å². The summed E-state index contributed by atoms with van der Waals surface area (Å²) in [6.07, 6.45) is 11.2. The van der Waals surface area contributed by atoms with Gasteiger partial charge in [-0.25, -0.2) is 15.0 Å². The van der Waals surface area contributed by atoms with E-state index in [4.69, 9.17) is 52.4 Å². The molecule has 0 bridgehead atoms. The molecule has 0 aliphatic rings. The number of rotatable bonds is 10. The fourth-order valence-electron chi connectivity index (χ4n) is 3.20. The number of halogens is 2. The van der Waals surface area contributed by atoms with Crippen LogP contribution >= 0.6 is 23.2 Å². The van der Waals surface area contributed by atoms with Crippen LogP contribution in [0.5, 0.6) is 28.9 Å². The van der Waals surface area contributed by atoms with Gasteiger partial charge in [-0.2, -0.15) is 0 Å². The van der Waals surface area contributed by atoms with E-state index in [1.165, 1.54) is 6.20 Å². The van der Waals surface area contributed by atoms with E-state index in [0.717, 1.165) is 41.5 Å². The molecule has 4 heterocycles. The van der Waals surface area contributed by atoms with Gasteiger partial charge in [0.05, 0.1) is 26.5 Å². The first-order valence-electron chi connectivity index (χ1n) is 14.3. The lowest BCUT2D eigenvalue weighted by molar-refractivity contribution is 0.170. The molecule has 0 aliphatic carbocycles. The standard InChI is InChI=1S/C11H17NO3.C10H14ClNO.C6H6ClNO.C6H7NO/c1-9-7-10(11(14-3)12-8-9)15-6-4-5-13-2;1-3-4-5-13-9-6-8(2)7-12-10(9)11;1-4-2-5(9)6(7)8-3-4;1-5-2-6(8)4-7-3-5/h7-8H,4-6H2,1-3H3;6-7H,3-5H2,1-2H3;2-3,9H,1H3;2-4,8H,1H3. The molecule has 10 nitrogen and oxygen atoms in total. The summed E-state index contributed by atoms with van der Waals surface area (Å²) < 4.78 is 21.0. The highest BCUT2D eigenvalue weighted by Gasteiger charge is 2.05. The second-order valence-corrected chi connectivity index (χ2v) is 10.5. The van der Waals surface area contributed by atoms with Crippen molar-refractivity contribution >= 4 is 23.2 Å². The van der Waals surface area contributed by atoms with E-state index >= 15 is 0 Å². The Kier molecular flexibility index (Phi) is 19.7. The molecule has 0 saturated carbocycles. The van der Waals surface area contributed by atoms with Gasteiger partial charge in [0.15, 0.2) is 27.6 Å². The van der Waals surface area contributed by atoms with Crippen LogP contribution < -0.4 is 14.2 Å². The number of ether oxygens (including phenoxy) is 4.